The highest BCUT2D eigenvalue weighted by atomic mass is 19.1. The number of nitrogens with zero attached hydrogens (tertiary/aromatic N) is 3. The predicted octanol–water partition coefficient (Wildman–Crippen LogP) is 5.11. The van der Waals surface area contributed by atoms with Crippen LogP contribution in [0.5, 0.6) is 0 Å². The molecular weight excluding hydrogens is 439 g/mol. The number of hydrogen-bond donors (Lipinski definition) is 1. The van der Waals surface area contributed by atoms with Crippen molar-refractivity contribution in [2.75, 3.05) is 26.3 Å². The number of rotatable bonds is 8. The summed E-state index contributed by atoms with van der Waals surface area (Å²) in [5.41, 5.74) is 7.81. The van der Waals surface area contributed by atoms with Crippen molar-refractivity contribution in [3.63, 3.8) is 0 Å². The lowest BCUT2D eigenvalue weighted by Gasteiger charge is -2.27. The van der Waals surface area contributed by atoms with Crippen molar-refractivity contribution in [1.29, 1.82) is 0 Å². The summed E-state index contributed by atoms with van der Waals surface area (Å²) in [4.78, 5) is 2.45. The van der Waals surface area contributed by atoms with Crippen LogP contribution in [0.2, 0.25) is 0 Å². The third kappa shape index (κ3) is 5.85. The zero-order valence-electron chi connectivity index (χ0n) is 20.1. The molecule has 6 heteroatoms. The number of morpholine rings is 1. The molecule has 1 fully saturated rings. The third-order valence-corrected chi connectivity index (χ3v) is 6.45. The Morgan fingerprint density at radius 3 is 2.29 bits per heavy atom. The van der Waals surface area contributed by atoms with Gasteiger partial charge >= 0.3 is 0 Å². The van der Waals surface area contributed by atoms with E-state index in [4.69, 9.17) is 9.84 Å². The molecule has 35 heavy (non-hydrogen) atoms. The van der Waals surface area contributed by atoms with E-state index in [0.29, 0.717) is 6.54 Å². The lowest BCUT2D eigenvalue weighted by Crippen LogP contribution is -2.36. The van der Waals surface area contributed by atoms with E-state index >= 15 is 0 Å². The van der Waals surface area contributed by atoms with Crippen molar-refractivity contribution in [3.05, 3.63) is 107 Å². The van der Waals surface area contributed by atoms with Crippen molar-refractivity contribution in [2.24, 2.45) is 0 Å². The Bertz CT molecular complexity index is 1240. The SMILES string of the molecule is Cc1ccc(-c2nn(-c3ccc(F)cc3)cc2CNCc2ccccc2CN2CCOCC2)cc1. The molecule has 0 aliphatic carbocycles. The Morgan fingerprint density at radius 2 is 1.54 bits per heavy atom. The first-order valence-corrected chi connectivity index (χ1v) is 12.1. The number of aryl methyl sites for hydroxylation is 1. The van der Waals surface area contributed by atoms with Crippen LogP contribution in [0.1, 0.15) is 22.3 Å². The van der Waals surface area contributed by atoms with Crippen LogP contribution in [-0.2, 0) is 24.4 Å². The Labute approximate surface area is 206 Å². The van der Waals surface area contributed by atoms with Gasteiger partial charge in [0.15, 0.2) is 0 Å². The molecule has 0 radical (unpaired) electrons. The zero-order chi connectivity index (χ0) is 24.0. The van der Waals surface area contributed by atoms with Crippen LogP contribution in [0.3, 0.4) is 0 Å². The highest BCUT2D eigenvalue weighted by Gasteiger charge is 2.15. The average Bonchev–Trinajstić information content (AvgIpc) is 3.31. The summed E-state index contributed by atoms with van der Waals surface area (Å²) in [6, 6.07) is 23.5. The molecule has 0 saturated carbocycles. The summed E-state index contributed by atoms with van der Waals surface area (Å²) in [7, 11) is 0. The summed E-state index contributed by atoms with van der Waals surface area (Å²) in [5.74, 6) is -0.253. The Kier molecular flexibility index (Phi) is 7.33. The quantitative estimate of drug-likeness (QED) is 0.389. The Hall–Kier alpha value is -3.32. The maximum absolute atomic E-state index is 13.4. The fourth-order valence-electron chi connectivity index (χ4n) is 4.44. The van der Waals surface area contributed by atoms with Crippen LogP contribution in [0.4, 0.5) is 4.39 Å². The standard InChI is InChI=1S/C29H31FN4O/c1-22-6-8-23(9-7-22)29-26(21-34(32-29)28-12-10-27(30)11-13-28)19-31-18-24-4-2-3-5-25(24)20-33-14-16-35-17-15-33/h2-13,21,31H,14-20H2,1H3. The second-order valence-electron chi connectivity index (χ2n) is 9.05. The summed E-state index contributed by atoms with van der Waals surface area (Å²) in [5, 5.41) is 8.50. The number of halogens is 1. The molecule has 1 aromatic heterocycles. The number of nitrogens with one attached hydrogen (secondary N) is 1. The number of hydrogen-bond acceptors (Lipinski definition) is 4. The molecule has 1 saturated heterocycles. The first kappa shape index (κ1) is 23.4. The molecule has 0 spiro atoms. The molecule has 180 valence electrons. The minimum atomic E-state index is -0.253. The van der Waals surface area contributed by atoms with Gasteiger partial charge in [0.25, 0.3) is 0 Å². The first-order chi connectivity index (χ1) is 17.2. The molecule has 1 N–H and O–H groups in total. The van der Waals surface area contributed by atoms with Crippen molar-refractivity contribution in [1.82, 2.24) is 20.0 Å². The van der Waals surface area contributed by atoms with Gasteiger partial charge in [-0.25, -0.2) is 9.07 Å². The van der Waals surface area contributed by atoms with Crippen molar-refractivity contribution >= 4 is 0 Å². The van der Waals surface area contributed by atoms with E-state index < -0.39 is 0 Å². The summed E-state index contributed by atoms with van der Waals surface area (Å²) in [6.45, 7) is 8.04. The van der Waals surface area contributed by atoms with Gasteiger partial charge in [0.2, 0.25) is 0 Å². The van der Waals surface area contributed by atoms with Crippen LogP contribution in [0.25, 0.3) is 16.9 Å². The highest BCUT2D eigenvalue weighted by Crippen LogP contribution is 2.25. The second kappa shape index (κ2) is 11.0. The molecule has 3 aromatic carbocycles. The maximum atomic E-state index is 13.4. The monoisotopic (exact) mass is 470 g/mol. The number of aromatic nitrogens is 2. The van der Waals surface area contributed by atoms with E-state index in [2.05, 4.69) is 65.7 Å². The molecule has 0 unspecified atom stereocenters. The van der Waals surface area contributed by atoms with Crippen molar-refractivity contribution < 1.29 is 9.13 Å². The average molecular weight is 471 g/mol. The van der Waals surface area contributed by atoms with Gasteiger partial charge in [-0.1, -0.05) is 54.1 Å². The van der Waals surface area contributed by atoms with Crippen molar-refractivity contribution in [2.45, 2.75) is 26.6 Å². The van der Waals surface area contributed by atoms with E-state index in [0.717, 1.165) is 61.9 Å². The van der Waals surface area contributed by atoms with Gasteiger partial charge in [-0.05, 0) is 42.3 Å². The molecule has 5 rings (SSSR count). The van der Waals surface area contributed by atoms with E-state index in [1.807, 2.05) is 10.9 Å². The van der Waals surface area contributed by atoms with E-state index in [-0.39, 0.29) is 5.82 Å². The van der Waals surface area contributed by atoms with E-state index in [1.165, 1.54) is 28.8 Å². The minimum absolute atomic E-state index is 0.253. The molecule has 0 atom stereocenters. The smallest absolute Gasteiger partial charge is 0.123 e. The Morgan fingerprint density at radius 1 is 0.857 bits per heavy atom. The largest absolute Gasteiger partial charge is 0.379 e. The molecule has 0 bridgehead atoms. The molecule has 0 amide bonds. The van der Waals surface area contributed by atoms with Gasteiger partial charge in [-0.15, -0.1) is 0 Å². The second-order valence-corrected chi connectivity index (χ2v) is 9.05. The van der Waals surface area contributed by atoms with Crippen LogP contribution in [-0.4, -0.2) is 41.0 Å². The summed E-state index contributed by atoms with van der Waals surface area (Å²) >= 11 is 0. The lowest BCUT2D eigenvalue weighted by atomic mass is 10.1. The fourth-order valence-corrected chi connectivity index (χ4v) is 4.44. The Balaban J connectivity index is 1.34. The lowest BCUT2D eigenvalue weighted by molar-refractivity contribution is 0.0340. The van der Waals surface area contributed by atoms with E-state index in [9.17, 15) is 4.39 Å². The van der Waals surface area contributed by atoms with Gasteiger partial charge in [-0.3, -0.25) is 4.90 Å². The number of ether oxygens (including phenoxy) is 1. The fraction of sp³-hybridized carbons (Fsp3) is 0.276. The summed E-state index contributed by atoms with van der Waals surface area (Å²) in [6.07, 6.45) is 2.04. The normalized spacial score (nSPS) is 14.3. The molecule has 5 nitrogen and oxygen atoms in total. The minimum Gasteiger partial charge on any atom is -0.379 e. The van der Waals surface area contributed by atoms with Crippen LogP contribution >= 0.6 is 0 Å². The maximum Gasteiger partial charge on any atom is 0.123 e. The summed E-state index contributed by atoms with van der Waals surface area (Å²) < 4.78 is 20.8. The van der Waals surface area contributed by atoms with Crippen LogP contribution in [0.15, 0.2) is 79.0 Å². The van der Waals surface area contributed by atoms with E-state index in [1.54, 1.807) is 12.1 Å². The van der Waals surface area contributed by atoms with Crippen molar-refractivity contribution in [3.8, 4) is 16.9 Å². The topological polar surface area (TPSA) is 42.3 Å². The molecule has 1 aliphatic heterocycles. The van der Waals surface area contributed by atoms with Gasteiger partial charge in [-0.2, -0.15) is 5.10 Å². The third-order valence-electron chi connectivity index (χ3n) is 6.45. The highest BCUT2D eigenvalue weighted by molar-refractivity contribution is 5.63. The molecule has 2 heterocycles. The van der Waals surface area contributed by atoms with Gasteiger partial charge in [0.05, 0.1) is 24.6 Å². The molecule has 1 aliphatic rings. The zero-order valence-corrected chi connectivity index (χ0v) is 20.1. The van der Waals surface area contributed by atoms with Crippen LogP contribution in [0, 0.1) is 12.7 Å². The molecular formula is C29H31FN4O. The number of benzene rings is 3. The first-order valence-electron chi connectivity index (χ1n) is 12.1. The van der Waals surface area contributed by atoms with Gasteiger partial charge in [0.1, 0.15) is 5.82 Å². The van der Waals surface area contributed by atoms with Gasteiger partial charge in [0, 0.05) is 50.0 Å². The molecule has 4 aromatic rings. The predicted molar refractivity (Wildman–Crippen MR) is 137 cm³/mol. The van der Waals surface area contributed by atoms with Crippen LogP contribution < -0.4 is 5.32 Å². The van der Waals surface area contributed by atoms with Gasteiger partial charge < -0.3 is 10.1 Å².